The van der Waals surface area contributed by atoms with Gasteiger partial charge in [0.05, 0.1) is 18.3 Å². The third-order valence-electron chi connectivity index (χ3n) is 9.08. The molecule has 52 heavy (non-hydrogen) atoms. The molecule has 0 bridgehead atoms. The molecule has 0 saturated heterocycles. The molecule has 2 aliphatic heterocycles. The first kappa shape index (κ1) is 37.9. The van der Waals surface area contributed by atoms with E-state index in [1.807, 2.05) is 64.1 Å². The number of hydrogen-bond donors (Lipinski definition) is 3. The second kappa shape index (κ2) is 15.1. The van der Waals surface area contributed by atoms with Gasteiger partial charge in [-0.05, 0) is 94.8 Å². The Balaban J connectivity index is 1.37. The molecule has 4 N–H and O–H groups in total. The Labute approximate surface area is 299 Å². The van der Waals surface area contributed by atoms with Gasteiger partial charge in [0.15, 0.2) is 24.0 Å². The standard InChI is InChI=1S/C37H42F3N7O5/c1-5-36(17-7-6-8-18-36)29(48)27(19-22-9-15-26(16-10-22)52-35(2,3)4)44-31(49)23-11-13-25(14-12-23)47(33(51)37(38,39)40)21-24-20-42-30-28(43-24)32(50)46-34(41)45-30/h6-7,9-16,20,27-28,30H,5,8,17-19,21H2,1-4H3,(H,44,49)(H3,41,45,46,50). The molecule has 2 heterocycles. The molecule has 0 radical (unpaired) electrons. The summed E-state index contributed by atoms with van der Waals surface area (Å²) in [4.78, 5) is 65.5. The quantitative estimate of drug-likeness (QED) is 0.290. The Kier molecular flexibility index (Phi) is 11.0. The highest BCUT2D eigenvalue weighted by Crippen LogP contribution is 2.38. The number of carbonyl (C=O) groups is 4. The van der Waals surface area contributed by atoms with Crippen molar-refractivity contribution in [3.05, 3.63) is 71.8 Å². The summed E-state index contributed by atoms with van der Waals surface area (Å²) in [7, 11) is 0. The van der Waals surface area contributed by atoms with Crippen LogP contribution < -0.4 is 26.0 Å². The Morgan fingerprint density at radius 2 is 1.75 bits per heavy atom. The monoisotopic (exact) mass is 721 g/mol. The van der Waals surface area contributed by atoms with E-state index in [1.54, 1.807) is 0 Å². The van der Waals surface area contributed by atoms with Gasteiger partial charge in [0.1, 0.15) is 11.4 Å². The van der Waals surface area contributed by atoms with Gasteiger partial charge >= 0.3 is 12.1 Å². The molecule has 276 valence electrons. The summed E-state index contributed by atoms with van der Waals surface area (Å²) in [6.45, 7) is 7.09. The first-order valence-corrected chi connectivity index (χ1v) is 17.0. The summed E-state index contributed by atoms with van der Waals surface area (Å²) in [5.41, 5.74) is 5.10. The molecule has 3 amide bonds. The Morgan fingerprint density at radius 1 is 1.06 bits per heavy atom. The van der Waals surface area contributed by atoms with Gasteiger partial charge in [0.25, 0.3) is 11.8 Å². The number of guanidine groups is 1. The van der Waals surface area contributed by atoms with Gasteiger partial charge in [-0.3, -0.25) is 39.4 Å². The molecule has 5 rings (SSSR count). The minimum absolute atomic E-state index is 0.0673. The molecule has 1 aliphatic carbocycles. The minimum atomic E-state index is -5.25. The van der Waals surface area contributed by atoms with Crippen LogP contribution in [0, 0.1) is 5.41 Å². The number of nitrogens with zero attached hydrogens (tertiary/aromatic N) is 4. The third kappa shape index (κ3) is 8.93. The van der Waals surface area contributed by atoms with Crippen molar-refractivity contribution in [2.24, 2.45) is 26.1 Å². The van der Waals surface area contributed by atoms with Crippen LogP contribution in [0.1, 0.15) is 69.3 Å². The highest BCUT2D eigenvalue weighted by molar-refractivity contribution is 6.34. The molecule has 4 unspecified atom stereocenters. The molecule has 0 fully saturated rings. The smallest absolute Gasteiger partial charge is 0.471 e. The van der Waals surface area contributed by atoms with Crippen molar-refractivity contribution in [3.63, 3.8) is 0 Å². The maximum absolute atomic E-state index is 14.2. The highest BCUT2D eigenvalue weighted by Gasteiger charge is 2.44. The summed E-state index contributed by atoms with van der Waals surface area (Å²) in [5.74, 6) is -3.03. The van der Waals surface area contributed by atoms with Crippen LogP contribution in [-0.4, -0.2) is 78.0 Å². The van der Waals surface area contributed by atoms with E-state index < -0.39 is 59.7 Å². The number of anilines is 1. The lowest BCUT2D eigenvalue weighted by Crippen LogP contribution is -2.53. The zero-order valence-electron chi connectivity index (χ0n) is 29.4. The summed E-state index contributed by atoms with van der Waals surface area (Å²) >= 11 is 0. The van der Waals surface area contributed by atoms with Gasteiger partial charge in [-0.25, -0.2) is 4.99 Å². The van der Waals surface area contributed by atoms with Crippen molar-refractivity contribution in [1.82, 2.24) is 10.6 Å². The van der Waals surface area contributed by atoms with Crippen LogP contribution in [0.2, 0.25) is 0 Å². The van der Waals surface area contributed by atoms with E-state index in [0.29, 0.717) is 29.9 Å². The molecular weight excluding hydrogens is 679 g/mol. The van der Waals surface area contributed by atoms with Crippen molar-refractivity contribution in [2.75, 3.05) is 11.4 Å². The second-order valence-corrected chi connectivity index (χ2v) is 14.0. The normalized spacial score (nSPS) is 21.9. The van der Waals surface area contributed by atoms with Crippen LogP contribution in [-0.2, 0) is 20.8 Å². The molecule has 12 nitrogen and oxygen atoms in total. The number of halogens is 3. The van der Waals surface area contributed by atoms with Crippen molar-refractivity contribution < 1.29 is 37.1 Å². The van der Waals surface area contributed by atoms with E-state index in [9.17, 15) is 32.3 Å². The van der Waals surface area contributed by atoms with Gasteiger partial charge in [0, 0.05) is 22.9 Å². The molecule has 15 heteroatoms. The Bertz CT molecular complexity index is 1810. The number of allylic oxidation sites excluding steroid dienone is 2. The molecule has 0 spiro atoms. The third-order valence-corrected chi connectivity index (χ3v) is 9.08. The number of ketones is 1. The fourth-order valence-electron chi connectivity index (χ4n) is 6.38. The van der Waals surface area contributed by atoms with Crippen molar-refractivity contribution in [3.8, 4) is 5.75 Å². The number of nitrogens with two attached hydrogens (primary N) is 1. The average Bonchev–Trinajstić information content (AvgIpc) is 3.10. The predicted octanol–water partition coefficient (Wildman–Crippen LogP) is 4.47. The molecule has 3 aliphatic rings. The number of alkyl halides is 3. The Hall–Kier alpha value is -5.34. The zero-order valence-corrected chi connectivity index (χ0v) is 29.4. The van der Waals surface area contributed by atoms with Crippen LogP contribution in [0.4, 0.5) is 18.9 Å². The Morgan fingerprint density at radius 3 is 2.35 bits per heavy atom. The molecule has 4 atom stereocenters. The molecular formula is C37H42F3N7O5. The summed E-state index contributed by atoms with van der Waals surface area (Å²) in [6.07, 6.45) is 1.68. The van der Waals surface area contributed by atoms with Crippen molar-refractivity contribution in [2.45, 2.75) is 89.8 Å². The van der Waals surface area contributed by atoms with Gasteiger partial charge in [-0.2, -0.15) is 13.2 Å². The summed E-state index contributed by atoms with van der Waals surface area (Å²) in [6, 6.07) is 10.2. The fraction of sp³-hybridized carbons (Fsp3) is 0.432. The topological polar surface area (TPSA) is 168 Å². The lowest BCUT2D eigenvalue weighted by molar-refractivity contribution is -0.170. The fourth-order valence-corrected chi connectivity index (χ4v) is 6.38. The van der Waals surface area contributed by atoms with E-state index in [2.05, 4.69) is 25.6 Å². The van der Waals surface area contributed by atoms with E-state index in [0.717, 1.165) is 18.2 Å². The lowest BCUT2D eigenvalue weighted by atomic mass is 9.69. The number of ether oxygens (including phenoxy) is 1. The van der Waals surface area contributed by atoms with E-state index in [-0.39, 0.29) is 35.1 Å². The number of aliphatic imine (C=N–C) groups is 3. The van der Waals surface area contributed by atoms with Crippen LogP contribution in [0.5, 0.6) is 5.75 Å². The lowest BCUT2D eigenvalue weighted by Gasteiger charge is -2.36. The average molecular weight is 722 g/mol. The van der Waals surface area contributed by atoms with Gasteiger partial charge < -0.3 is 15.8 Å². The number of nitrogens with one attached hydrogen (secondary N) is 2. The first-order valence-electron chi connectivity index (χ1n) is 17.0. The van der Waals surface area contributed by atoms with Gasteiger partial charge in [-0.1, -0.05) is 31.2 Å². The van der Waals surface area contributed by atoms with E-state index in [4.69, 9.17) is 10.5 Å². The summed E-state index contributed by atoms with van der Waals surface area (Å²) < 4.78 is 47.2. The maximum Gasteiger partial charge on any atom is 0.471 e. The number of carbonyl (C=O) groups excluding carboxylic acids is 4. The summed E-state index contributed by atoms with van der Waals surface area (Å²) in [5, 5.41) is 5.18. The molecule has 2 aromatic carbocycles. The molecule has 0 aromatic heterocycles. The number of Topliss-reactive ketones (excluding diaryl/α,β-unsaturated/α-hetero) is 1. The highest BCUT2D eigenvalue weighted by atomic mass is 19.4. The zero-order chi connectivity index (χ0) is 37.8. The van der Waals surface area contributed by atoms with Crippen LogP contribution in [0.3, 0.4) is 0 Å². The minimum Gasteiger partial charge on any atom is -0.488 e. The number of benzene rings is 2. The second-order valence-electron chi connectivity index (χ2n) is 14.0. The molecule has 2 aromatic rings. The van der Waals surface area contributed by atoms with E-state index >= 15 is 0 Å². The van der Waals surface area contributed by atoms with Crippen LogP contribution in [0.15, 0.2) is 75.7 Å². The number of amides is 3. The largest absolute Gasteiger partial charge is 0.488 e. The molecule has 0 saturated carbocycles. The van der Waals surface area contributed by atoms with Gasteiger partial charge in [-0.15, -0.1) is 0 Å². The number of fused-ring (bicyclic) bond motifs is 1. The van der Waals surface area contributed by atoms with E-state index in [1.165, 1.54) is 24.3 Å². The van der Waals surface area contributed by atoms with Crippen LogP contribution in [0.25, 0.3) is 0 Å². The van der Waals surface area contributed by atoms with Gasteiger partial charge in [0.2, 0.25) is 0 Å². The first-order chi connectivity index (χ1) is 24.5. The van der Waals surface area contributed by atoms with Crippen molar-refractivity contribution >= 4 is 47.1 Å². The SMILES string of the molecule is CCC1(C(=O)C(Cc2ccc(OC(C)(C)C)cc2)NC(=O)c2ccc(N(CC3=NC4C(=O)NC(N)=NC4N=C3)C(=O)C(F)(F)F)cc2)CC=CCC1. The van der Waals surface area contributed by atoms with Crippen molar-refractivity contribution in [1.29, 1.82) is 0 Å². The van der Waals surface area contributed by atoms with Crippen LogP contribution >= 0.6 is 0 Å². The maximum atomic E-state index is 14.2. The predicted molar refractivity (Wildman–Crippen MR) is 191 cm³/mol. The number of hydrogen-bond acceptors (Lipinski definition) is 9. The number of rotatable bonds is 11.